The highest BCUT2D eigenvalue weighted by Gasteiger charge is 2.24. The first-order valence-corrected chi connectivity index (χ1v) is 6.55. The van der Waals surface area contributed by atoms with Crippen molar-refractivity contribution in [2.75, 3.05) is 33.2 Å². The Bertz CT molecular complexity index is 387. The topological polar surface area (TPSA) is 41.1 Å². The molecule has 0 radical (unpaired) electrons. The third-order valence-corrected chi connectivity index (χ3v) is 3.93. The minimum Gasteiger partial charge on any atom is -0.316 e. The lowest BCUT2D eigenvalue weighted by Gasteiger charge is -2.12. The fourth-order valence-corrected chi connectivity index (χ4v) is 2.86. The second-order valence-corrected chi connectivity index (χ2v) is 5.28. The van der Waals surface area contributed by atoms with Crippen LogP contribution in [0.1, 0.15) is 36.2 Å². The first-order chi connectivity index (χ1) is 8.33. The van der Waals surface area contributed by atoms with E-state index in [-0.39, 0.29) is 0 Å². The monoisotopic (exact) mass is 232 g/mol. The Morgan fingerprint density at radius 2 is 2.29 bits per heavy atom. The first-order valence-electron chi connectivity index (χ1n) is 6.55. The Morgan fingerprint density at radius 3 is 3.00 bits per heavy atom. The van der Waals surface area contributed by atoms with Crippen LogP contribution in [0.4, 0.5) is 0 Å². The van der Waals surface area contributed by atoms with Crippen molar-refractivity contribution in [3.8, 4) is 0 Å². The van der Waals surface area contributed by atoms with Gasteiger partial charge in [-0.05, 0) is 39.0 Å². The van der Waals surface area contributed by atoms with Crippen LogP contribution in [-0.2, 0) is 0 Å². The maximum Gasteiger partial charge on any atom is 0.132 e. The van der Waals surface area contributed by atoms with E-state index in [9.17, 15) is 0 Å². The lowest BCUT2D eigenvalue weighted by Crippen LogP contribution is -2.15. The standard InChI is InChI=1S/C13H20N4/c1-17-7-4-11(9-17)12-3-6-15-13(16-12)10-2-5-14-8-10/h3,6,10-11,14H,2,4-5,7-9H2,1H3. The molecule has 3 heterocycles. The molecule has 1 aromatic rings. The summed E-state index contributed by atoms with van der Waals surface area (Å²) < 4.78 is 0. The normalized spacial score (nSPS) is 29.9. The number of nitrogens with zero attached hydrogens (tertiary/aromatic N) is 3. The Kier molecular flexibility index (Phi) is 3.07. The third-order valence-electron chi connectivity index (χ3n) is 3.93. The van der Waals surface area contributed by atoms with Crippen molar-refractivity contribution in [1.82, 2.24) is 20.2 Å². The Balaban J connectivity index is 1.78. The van der Waals surface area contributed by atoms with Crippen LogP contribution in [0.3, 0.4) is 0 Å². The fraction of sp³-hybridized carbons (Fsp3) is 0.692. The smallest absolute Gasteiger partial charge is 0.132 e. The van der Waals surface area contributed by atoms with Crippen LogP contribution in [0.15, 0.2) is 12.3 Å². The van der Waals surface area contributed by atoms with Crippen molar-refractivity contribution < 1.29 is 0 Å². The molecule has 4 heteroatoms. The zero-order valence-electron chi connectivity index (χ0n) is 10.4. The maximum atomic E-state index is 4.79. The maximum absolute atomic E-state index is 4.79. The van der Waals surface area contributed by atoms with Crippen LogP contribution >= 0.6 is 0 Å². The average molecular weight is 232 g/mol. The quantitative estimate of drug-likeness (QED) is 0.825. The van der Waals surface area contributed by atoms with Gasteiger partial charge in [-0.25, -0.2) is 9.97 Å². The molecular weight excluding hydrogens is 212 g/mol. The van der Waals surface area contributed by atoms with Crippen LogP contribution in [0.2, 0.25) is 0 Å². The summed E-state index contributed by atoms with van der Waals surface area (Å²) in [5.41, 5.74) is 1.24. The molecule has 0 spiro atoms. The summed E-state index contributed by atoms with van der Waals surface area (Å²) in [7, 11) is 2.18. The van der Waals surface area contributed by atoms with Gasteiger partial charge in [0.05, 0.1) is 0 Å². The van der Waals surface area contributed by atoms with Gasteiger partial charge in [-0.3, -0.25) is 0 Å². The number of hydrogen-bond donors (Lipinski definition) is 1. The highest BCUT2D eigenvalue weighted by Crippen LogP contribution is 2.26. The van der Waals surface area contributed by atoms with Crippen molar-refractivity contribution in [1.29, 1.82) is 0 Å². The third kappa shape index (κ3) is 2.33. The molecule has 92 valence electrons. The average Bonchev–Trinajstić information content (AvgIpc) is 3.00. The molecule has 2 unspecified atom stereocenters. The molecule has 1 N–H and O–H groups in total. The summed E-state index contributed by atoms with van der Waals surface area (Å²) >= 11 is 0. The molecule has 2 atom stereocenters. The highest BCUT2D eigenvalue weighted by molar-refractivity contribution is 5.13. The second-order valence-electron chi connectivity index (χ2n) is 5.28. The summed E-state index contributed by atoms with van der Waals surface area (Å²) in [5, 5.41) is 3.38. The Labute approximate surface area is 102 Å². The zero-order chi connectivity index (χ0) is 11.7. The number of hydrogen-bond acceptors (Lipinski definition) is 4. The van der Waals surface area contributed by atoms with Crippen LogP contribution in [0.25, 0.3) is 0 Å². The van der Waals surface area contributed by atoms with E-state index in [0.29, 0.717) is 11.8 Å². The molecule has 2 aliphatic heterocycles. The van der Waals surface area contributed by atoms with Gasteiger partial charge in [0.2, 0.25) is 0 Å². The van der Waals surface area contributed by atoms with Gasteiger partial charge < -0.3 is 10.2 Å². The fourth-order valence-electron chi connectivity index (χ4n) is 2.86. The van der Waals surface area contributed by atoms with Crippen molar-refractivity contribution in [3.63, 3.8) is 0 Å². The predicted molar refractivity (Wildman–Crippen MR) is 67.1 cm³/mol. The number of likely N-dealkylation sites (N-methyl/N-ethyl adjacent to an activating group) is 1. The molecule has 1 aromatic heterocycles. The summed E-state index contributed by atoms with van der Waals surface area (Å²) in [4.78, 5) is 11.6. The lowest BCUT2D eigenvalue weighted by atomic mass is 10.0. The molecule has 0 aliphatic carbocycles. The molecule has 0 bridgehead atoms. The SMILES string of the molecule is CN1CCC(c2ccnc(C3CCNC3)n2)C1. The van der Waals surface area contributed by atoms with Gasteiger partial charge in [0.25, 0.3) is 0 Å². The van der Waals surface area contributed by atoms with Crippen LogP contribution in [0.5, 0.6) is 0 Å². The van der Waals surface area contributed by atoms with Gasteiger partial charge >= 0.3 is 0 Å². The zero-order valence-corrected chi connectivity index (χ0v) is 10.4. The Morgan fingerprint density at radius 1 is 1.35 bits per heavy atom. The summed E-state index contributed by atoms with van der Waals surface area (Å²) in [6.07, 6.45) is 4.35. The van der Waals surface area contributed by atoms with E-state index in [2.05, 4.69) is 28.3 Å². The van der Waals surface area contributed by atoms with Gasteiger partial charge in [0.1, 0.15) is 5.82 Å². The summed E-state index contributed by atoms with van der Waals surface area (Å²) in [6.45, 7) is 4.47. The van der Waals surface area contributed by atoms with E-state index in [1.54, 1.807) is 0 Å². The Hall–Kier alpha value is -1.00. The number of rotatable bonds is 2. The summed E-state index contributed by atoms with van der Waals surface area (Å²) in [5.74, 6) is 2.17. The van der Waals surface area contributed by atoms with Crippen LogP contribution < -0.4 is 5.32 Å². The molecule has 2 aliphatic rings. The molecule has 0 aromatic carbocycles. The molecule has 17 heavy (non-hydrogen) atoms. The van der Waals surface area contributed by atoms with E-state index in [4.69, 9.17) is 4.98 Å². The molecule has 0 amide bonds. The lowest BCUT2D eigenvalue weighted by molar-refractivity contribution is 0.410. The van der Waals surface area contributed by atoms with E-state index in [1.807, 2.05) is 6.20 Å². The largest absolute Gasteiger partial charge is 0.316 e. The van der Waals surface area contributed by atoms with Crippen molar-refractivity contribution in [2.24, 2.45) is 0 Å². The van der Waals surface area contributed by atoms with Gasteiger partial charge in [-0.1, -0.05) is 0 Å². The van der Waals surface area contributed by atoms with Gasteiger partial charge in [0.15, 0.2) is 0 Å². The van der Waals surface area contributed by atoms with E-state index < -0.39 is 0 Å². The molecule has 0 saturated carbocycles. The molecule has 2 fully saturated rings. The van der Waals surface area contributed by atoms with Gasteiger partial charge in [-0.15, -0.1) is 0 Å². The minimum atomic E-state index is 0.522. The van der Waals surface area contributed by atoms with Crippen molar-refractivity contribution >= 4 is 0 Å². The van der Waals surface area contributed by atoms with Gasteiger partial charge in [0, 0.05) is 36.8 Å². The second kappa shape index (κ2) is 4.70. The number of likely N-dealkylation sites (tertiary alicyclic amines) is 1. The highest BCUT2D eigenvalue weighted by atomic mass is 15.1. The molecular formula is C13H20N4. The first kappa shape index (κ1) is 11.1. The van der Waals surface area contributed by atoms with E-state index in [0.717, 1.165) is 25.5 Å². The number of aromatic nitrogens is 2. The minimum absolute atomic E-state index is 0.522. The van der Waals surface area contributed by atoms with Crippen LogP contribution in [0, 0.1) is 0 Å². The van der Waals surface area contributed by atoms with E-state index >= 15 is 0 Å². The summed E-state index contributed by atoms with van der Waals surface area (Å²) in [6, 6.07) is 2.09. The van der Waals surface area contributed by atoms with E-state index in [1.165, 1.54) is 25.1 Å². The molecule has 3 rings (SSSR count). The van der Waals surface area contributed by atoms with Crippen molar-refractivity contribution in [2.45, 2.75) is 24.7 Å². The predicted octanol–water partition coefficient (Wildman–Crippen LogP) is 0.973. The van der Waals surface area contributed by atoms with Crippen molar-refractivity contribution in [3.05, 3.63) is 23.8 Å². The number of nitrogens with one attached hydrogen (secondary N) is 1. The molecule has 4 nitrogen and oxygen atoms in total. The van der Waals surface area contributed by atoms with Crippen LogP contribution in [-0.4, -0.2) is 48.1 Å². The molecule has 2 saturated heterocycles. The van der Waals surface area contributed by atoms with Gasteiger partial charge in [-0.2, -0.15) is 0 Å².